The van der Waals surface area contributed by atoms with Crippen molar-refractivity contribution in [1.29, 1.82) is 0 Å². The second-order valence-electron chi connectivity index (χ2n) is 12.2. The minimum Gasteiger partial charge on any atom is -0.336 e. The van der Waals surface area contributed by atoms with E-state index in [0.29, 0.717) is 23.4 Å². The number of tetrazole rings is 1. The zero-order valence-corrected chi connectivity index (χ0v) is 25.6. The third kappa shape index (κ3) is 5.69. The molecule has 228 valence electrons. The number of fused-ring (bicyclic) bond motifs is 2. The van der Waals surface area contributed by atoms with Crippen LogP contribution in [0.15, 0.2) is 36.4 Å². The molecule has 0 bridgehead atoms. The number of rotatable bonds is 7. The first kappa shape index (κ1) is 29.4. The number of aryl methyl sites for hydroxylation is 2. The standard InChI is InChI=1S/C32H43N9O2/c1-4-33-12-11-32(31-34-36-37-35-31)27-9-7-25(29(42)40-17-13-38(2)14-18-40)21-23(27)5-6-24-22-26(8-10-28(24)32)30(43)41-19-15-39(3)16-20-41/h7-10,21-22,33H,4-6,11-20H2,1-3H3,(H,34,35,36,37). The zero-order chi connectivity index (χ0) is 30.0. The van der Waals surface area contributed by atoms with Gasteiger partial charge in [-0.2, -0.15) is 5.21 Å². The van der Waals surface area contributed by atoms with Crippen molar-refractivity contribution in [1.82, 2.24) is 45.5 Å². The Kier molecular flexibility index (Phi) is 8.56. The number of aromatic nitrogens is 4. The first-order valence-corrected chi connectivity index (χ1v) is 15.6. The predicted molar refractivity (Wildman–Crippen MR) is 164 cm³/mol. The Labute approximate surface area is 253 Å². The Morgan fingerprint density at radius 1 is 0.814 bits per heavy atom. The first-order chi connectivity index (χ1) is 20.9. The van der Waals surface area contributed by atoms with Gasteiger partial charge in [-0.25, -0.2) is 0 Å². The van der Waals surface area contributed by atoms with Gasteiger partial charge >= 0.3 is 0 Å². The Hall–Kier alpha value is -3.67. The topological polar surface area (TPSA) is 114 Å². The van der Waals surface area contributed by atoms with E-state index in [1.807, 2.05) is 21.9 Å². The molecule has 2 amide bonds. The number of benzene rings is 2. The molecule has 6 rings (SSSR count). The molecule has 43 heavy (non-hydrogen) atoms. The average Bonchev–Trinajstić information content (AvgIpc) is 3.54. The fourth-order valence-corrected chi connectivity index (χ4v) is 6.92. The molecular weight excluding hydrogens is 542 g/mol. The lowest BCUT2D eigenvalue weighted by atomic mass is 9.69. The molecule has 11 nitrogen and oxygen atoms in total. The number of aromatic amines is 1. The van der Waals surface area contributed by atoms with E-state index >= 15 is 0 Å². The quantitative estimate of drug-likeness (QED) is 0.401. The van der Waals surface area contributed by atoms with Gasteiger partial charge in [0.15, 0.2) is 5.82 Å². The van der Waals surface area contributed by atoms with Crippen LogP contribution in [0, 0.1) is 0 Å². The molecule has 2 aromatic carbocycles. The van der Waals surface area contributed by atoms with Gasteiger partial charge in [0.1, 0.15) is 0 Å². The first-order valence-electron chi connectivity index (χ1n) is 15.6. The number of carbonyl (C=O) groups excluding carboxylic acids is 2. The molecule has 3 aromatic rings. The number of carbonyl (C=O) groups is 2. The van der Waals surface area contributed by atoms with Crippen LogP contribution in [-0.2, 0) is 18.3 Å². The van der Waals surface area contributed by atoms with Gasteiger partial charge in [-0.1, -0.05) is 24.3 Å². The summed E-state index contributed by atoms with van der Waals surface area (Å²) in [6.07, 6.45) is 2.20. The summed E-state index contributed by atoms with van der Waals surface area (Å²) in [5.74, 6) is 0.761. The summed E-state index contributed by atoms with van der Waals surface area (Å²) >= 11 is 0. The minimum absolute atomic E-state index is 0.0792. The van der Waals surface area contributed by atoms with E-state index in [9.17, 15) is 9.59 Å². The van der Waals surface area contributed by atoms with Crippen molar-refractivity contribution >= 4 is 11.8 Å². The van der Waals surface area contributed by atoms with E-state index in [-0.39, 0.29) is 11.8 Å². The van der Waals surface area contributed by atoms with Crippen molar-refractivity contribution in [2.24, 2.45) is 0 Å². The molecule has 1 aliphatic carbocycles. The molecule has 0 atom stereocenters. The predicted octanol–water partition coefficient (Wildman–Crippen LogP) is 1.41. The number of nitrogens with zero attached hydrogens (tertiary/aromatic N) is 7. The van der Waals surface area contributed by atoms with Crippen molar-refractivity contribution < 1.29 is 9.59 Å². The number of piperazine rings is 2. The molecule has 11 heteroatoms. The minimum atomic E-state index is -0.693. The van der Waals surface area contributed by atoms with Crippen LogP contribution >= 0.6 is 0 Å². The Morgan fingerprint density at radius 2 is 1.33 bits per heavy atom. The van der Waals surface area contributed by atoms with Crippen molar-refractivity contribution in [2.75, 3.05) is 79.5 Å². The molecule has 1 aromatic heterocycles. The highest BCUT2D eigenvalue weighted by Crippen LogP contribution is 2.46. The van der Waals surface area contributed by atoms with Crippen LogP contribution in [0.1, 0.15) is 62.1 Å². The van der Waals surface area contributed by atoms with Crippen LogP contribution in [0.2, 0.25) is 0 Å². The molecule has 2 aliphatic heterocycles. The fraction of sp³-hybridized carbons (Fsp3) is 0.531. The monoisotopic (exact) mass is 585 g/mol. The molecule has 0 spiro atoms. The molecule has 2 fully saturated rings. The van der Waals surface area contributed by atoms with Crippen LogP contribution < -0.4 is 5.32 Å². The van der Waals surface area contributed by atoms with Crippen molar-refractivity contribution in [3.05, 3.63) is 75.6 Å². The highest BCUT2D eigenvalue weighted by molar-refractivity contribution is 5.95. The zero-order valence-electron chi connectivity index (χ0n) is 25.6. The number of nitrogens with one attached hydrogen (secondary N) is 2. The van der Waals surface area contributed by atoms with E-state index in [0.717, 1.165) is 101 Å². The number of amides is 2. The Balaban J connectivity index is 1.42. The Bertz CT molecular complexity index is 1360. The maximum absolute atomic E-state index is 13.6. The lowest BCUT2D eigenvalue weighted by Crippen LogP contribution is -2.47. The van der Waals surface area contributed by atoms with Crippen LogP contribution in [0.4, 0.5) is 0 Å². The highest BCUT2D eigenvalue weighted by atomic mass is 16.2. The van der Waals surface area contributed by atoms with Gasteiger partial charge in [-0.05, 0) is 93.0 Å². The number of hydrogen-bond acceptors (Lipinski definition) is 8. The van der Waals surface area contributed by atoms with Gasteiger partial charge < -0.3 is 24.9 Å². The van der Waals surface area contributed by atoms with Gasteiger partial charge in [0.2, 0.25) is 0 Å². The van der Waals surface area contributed by atoms with E-state index < -0.39 is 5.41 Å². The lowest BCUT2D eigenvalue weighted by molar-refractivity contribution is 0.0657. The normalized spacial score (nSPS) is 19.0. The van der Waals surface area contributed by atoms with Crippen molar-refractivity contribution in [3.8, 4) is 0 Å². The van der Waals surface area contributed by atoms with Gasteiger partial charge in [0.05, 0.1) is 5.41 Å². The van der Waals surface area contributed by atoms with E-state index in [1.165, 1.54) is 0 Å². The van der Waals surface area contributed by atoms with E-state index in [1.54, 1.807) is 0 Å². The van der Waals surface area contributed by atoms with E-state index in [4.69, 9.17) is 0 Å². The van der Waals surface area contributed by atoms with E-state index in [2.05, 4.69) is 81.0 Å². The SMILES string of the molecule is CCNCCC1(c2nn[nH]n2)c2ccc(C(=O)N3CCN(C)CC3)cc2CCc2cc(C(=O)N3CCN(C)CC3)ccc21. The summed E-state index contributed by atoms with van der Waals surface area (Å²) in [4.78, 5) is 35.6. The Morgan fingerprint density at radius 3 is 1.77 bits per heavy atom. The summed E-state index contributed by atoms with van der Waals surface area (Å²) in [5.41, 5.74) is 5.16. The average molecular weight is 586 g/mol. The molecular formula is C32H43N9O2. The third-order valence-corrected chi connectivity index (χ3v) is 9.52. The second kappa shape index (κ2) is 12.5. The third-order valence-electron chi connectivity index (χ3n) is 9.52. The van der Waals surface area contributed by atoms with Crippen LogP contribution in [0.25, 0.3) is 0 Å². The van der Waals surface area contributed by atoms with Crippen LogP contribution in [0.3, 0.4) is 0 Å². The fourth-order valence-electron chi connectivity index (χ4n) is 6.92. The summed E-state index contributed by atoms with van der Waals surface area (Å²) in [6, 6.07) is 12.3. The van der Waals surface area contributed by atoms with Gasteiger partial charge in [0, 0.05) is 63.5 Å². The maximum Gasteiger partial charge on any atom is 0.253 e. The number of H-pyrrole nitrogens is 1. The van der Waals surface area contributed by atoms with Gasteiger partial charge in [-0.3, -0.25) is 9.59 Å². The lowest BCUT2D eigenvalue weighted by Gasteiger charge is -2.35. The van der Waals surface area contributed by atoms with Crippen LogP contribution in [-0.4, -0.2) is 132 Å². The summed E-state index contributed by atoms with van der Waals surface area (Å²) < 4.78 is 0. The molecule has 2 saturated heterocycles. The van der Waals surface area contributed by atoms with Crippen molar-refractivity contribution in [3.63, 3.8) is 0 Å². The molecule has 3 heterocycles. The van der Waals surface area contributed by atoms with Crippen molar-refractivity contribution in [2.45, 2.75) is 31.6 Å². The number of likely N-dealkylation sites (N-methyl/N-ethyl adjacent to an activating group) is 2. The summed E-state index contributed by atoms with van der Waals surface area (Å²) in [5, 5.41) is 19.3. The van der Waals surface area contributed by atoms with Gasteiger partial charge in [0.25, 0.3) is 11.8 Å². The second-order valence-corrected chi connectivity index (χ2v) is 12.2. The van der Waals surface area contributed by atoms with Crippen LogP contribution in [0.5, 0.6) is 0 Å². The molecule has 3 aliphatic rings. The molecule has 2 N–H and O–H groups in total. The largest absolute Gasteiger partial charge is 0.336 e. The summed E-state index contributed by atoms with van der Waals surface area (Å²) in [7, 11) is 4.19. The molecule has 0 radical (unpaired) electrons. The molecule has 0 unspecified atom stereocenters. The highest BCUT2D eigenvalue weighted by Gasteiger charge is 2.44. The summed E-state index contributed by atoms with van der Waals surface area (Å²) in [6.45, 7) is 10.2. The van der Waals surface area contributed by atoms with Gasteiger partial charge in [-0.15, -0.1) is 10.2 Å². The molecule has 0 saturated carbocycles. The smallest absolute Gasteiger partial charge is 0.253 e. The maximum atomic E-state index is 13.6. The number of hydrogen-bond donors (Lipinski definition) is 2.